The minimum atomic E-state index is 0.164. The van der Waals surface area contributed by atoms with Crippen LogP contribution in [0.2, 0.25) is 0 Å². The first-order chi connectivity index (χ1) is 5.83. The van der Waals surface area contributed by atoms with Gasteiger partial charge in [-0.2, -0.15) is 0 Å². The van der Waals surface area contributed by atoms with Crippen LogP contribution in [0.4, 0.5) is 0 Å². The maximum absolute atomic E-state index is 5.46. The summed E-state index contributed by atoms with van der Waals surface area (Å²) in [6.07, 6.45) is 8.01. The van der Waals surface area contributed by atoms with E-state index in [1.54, 1.807) is 6.08 Å². The molecule has 1 aliphatic rings. The minimum Gasteiger partial charge on any atom is -0.369 e. The molecular weight excluding hydrogens is 150 g/mol. The van der Waals surface area contributed by atoms with Gasteiger partial charge in [0.25, 0.3) is 0 Å². The van der Waals surface area contributed by atoms with Gasteiger partial charge in [0.05, 0.1) is 12.7 Å². The van der Waals surface area contributed by atoms with E-state index in [-0.39, 0.29) is 6.10 Å². The molecule has 1 aliphatic heterocycles. The summed E-state index contributed by atoms with van der Waals surface area (Å²) in [7, 11) is 0. The average molecular weight is 165 g/mol. The summed E-state index contributed by atoms with van der Waals surface area (Å²) >= 11 is 0. The summed E-state index contributed by atoms with van der Waals surface area (Å²) in [5.74, 6) is 0. The number of hydrogen-bond acceptors (Lipinski definition) is 2. The van der Waals surface area contributed by atoms with Crippen LogP contribution in [0.15, 0.2) is 29.4 Å². The first-order valence-corrected chi connectivity index (χ1v) is 4.26. The molecule has 0 N–H and O–H groups in total. The third-order valence-electron chi connectivity index (χ3n) is 1.76. The van der Waals surface area contributed by atoms with Crippen molar-refractivity contribution in [2.45, 2.75) is 25.9 Å². The molecule has 0 spiro atoms. The Hall–Kier alpha value is -0.890. The second-order valence-electron chi connectivity index (χ2n) is 2.86. The second-order valence-corrected chi connectivity index (χ2v) is 2.86. The summed E-state index contributed by atoms with van der Waals surface area (Å²) < 4.78 is 5.46. The standard InChI is InChI=1S/C10H15NO/c1-3-7-12-10-6-4-5-9(2)11-8-10/h3,5,8,10H,1,4,6-7H2,2H3. The highest BCUT2D eigenvalue weighted by Gasteiger charge is 2.06. The van der Waals surface area contributed by atoms with Crippen LogP contribution in [0.5, 0.6) is 0 Å². The van der Waals surface area contributed by atoms with Gasteiger partial charge >= 0.3 is 0 Å². The quantitative estimate of drug-likeness (QED) is 0.588. The van der Waals surface area contributed by atoms with Crippen LogP contribution in [0, 0.1) is 0 Å². The van der Waals surface area contributed by atoms with Gasteiger partial charge in [0.1, 0.15) is 0 Å². The van der Waals surface area contributed by atoms with Gasteiger partial charge < -0.3 is 4.74 Å². The van der Waals surface area contributed by atoms with E-state index in [1.807, 2.05) is 13.1 Å². The Labute approximate surface area is 73.6 Å². The number of allylic oxidation sites excluding steroid dienone is 2. The molecule has 0 bridgehead atoms. The minimum absolute atomic E-state index is 0.164. The molecule has 12 heavy (non-hydrogen) atoms. The third-order valence-corrected chi connectivity index (χ3v) is 1.76. The predicted molar refractivity (Wildman–Crippen MR) is 51.4 cm³/mol. The van der Waals surface area contributed by atoms with Crippen molar-refractivity contribution in [3.05, 3.63) is 24.4 Å². The van der Waals surface area contributed by atoms with Crippen LogP contribution in [0.1, 0.15) is 19.8 Å². The summed E-state index contributed by atoms with van der Waals surface area (Å²) in [5, 5.41) is 0. The fourth-order valence-corrected chi connectivity index (χ4v) is 1.10. The molecular formula is C10H15NO. The molecule has 0 aromatic carbocycles. The molecule has 1 unspecified atom stereocenters. The SMILES string of the molecule is C=CCOC1C=NC(C)=CCC1. The van der Waals surface area contributed by atoms with Crippen LogP contribution in [-0.4, -0.2) is 18.9 Å². The molecule has 2 nitrogen and oxygen atoms in total. The Morgan fingerprint density at radius 1 is 1.83 bits per heavy atom. The van der Waals surface area contributed by atoms with E-state index in [1.165, 1.54) is 0 Å². The van der Waals surface area contributed by atoms with Crippen molar-refractivity contribution in [2.24, 2.45) is 4.99 Å². The topological polar surface area (TPSA) is 21.6 Å². The van der Waals surface area contributed by atoms with Gasteiger partial charge in [0.2, 0.25) is 0 Å². The maximum Gasteiger partial charge on any atom is 0.0933 e. The number of aliphatic imine (C=N–C) groups is 1. The van der Waals surface area contributed by atoms with Gasteiger partial charge in [-0.05, 0) is 19.8 Å². The normalized spacial score (nSPS) is 23.1. The molecule has 0 saturated carbocycles. The smallest absolute Gasteiger partial charge is 0.0933 e. The molecule has 0 amide bonds. The summed E-state index contributed by atoms with van der Waals surface area (Å²) in [6.45, 7) is 6.21. The zero-order chi connectivity index (χ0) is 8.81. The van der Waals surface area contributed by atoms with Gasteiger partial charge in [0, 0.05) is 11.9 Å². The fraction of sp³-hybridized carbons (Fsp3) is 0.500. The molecule has 2 heteroatoms. The van der Waals surface area contributed by atoms with Crippen molar-refractivity contribution in [2.75, 3.05) is 6.61 Å². The Morgan fingerprint density at radius 2 is 2.67 bits per heavy atom. The Kier molecular flexibility index (Phi) is 3.74. The first-order valence-electron chi connectivity index (χ1n) is 4.26. The lowest BCUT2D eigenvalue weighted by Crippen LogP contribution is -2.13. The number of ether oxygens (including phenoxy) is 1. The van der Waals surface area contributed by atoms with Crippen LogP contribution >= 0.6 is 0 Å². The van der Waals surface area contributed by atoms with Crippen molar-refractivity contribution in [1.82, 2.24) is 0 Å². The summed E-state index contributed by atoms with van der Waals surface area (Å²) in [6, 6.07) is 0. The Morgan fingerprint density at radius 3 is 3.42 bits per heavy atom. The molecule has 0 saturated heterocycles. The van der Waals surface area contributed by atoms with Gasteiger partial charge in [-0.3, -0.25) is 4.99 Å². The van der Waals surface area contributed by atoms with Crippen molar-refractivity contribution < 1.29 is 4.74 Å². The van der Waals surface area contributed by atoms with E-state index in [0.717, 1.165) is 18.5 Å². The Bertz CT molecular complexity index is 204. The second kappa shape index (κ2) is 4.88. The van der Waals surface area contributed by atoms with E-state index >= 15 is 0 Å². The number of hydrogen-bond donors (Lipinski definition) is 0. The van der Waals surface area contributed by atoms with Gasteiger partial charge in [-0.1, -0.05) is 12.2 Å². The molecule has 1 atom stereocenters. The van der Waals surface area contributed by atoms with Gasteiger partial charge in [-0.15, -0.1) is 6.58 Å². The van der Waals surface area contributed by atoms with Crippen LogP contribution < -0.4 is 0 Å². The molecule has 0 fully saturated rings. The molecule has 0 aliphatic carbocycles. The lowest BCUT2D eigenvalue weighted by Gasteiger charge is -2.08. The molecule has 0 aromatic heterocycles. The lowest BCUT2D eigenvalue weighted by molar-refractivity contribution is 0.121. The first kappa shape index (κ1) is 9.20. The molecule has 0 aromatic rings. The highest BCUT2D eigenvalue weighted by Crippen LogP contribution is 2.09. The number of rotatable bonds is 3. The van der Waals surface area contributed by atoms with E-state index < -0.39 is 0 Å². The van der Waals surface area contributed by atoms with Gasteiger partial charge in [0.15, 0.2) is 0 Å². The summed E-state index contributed by atoms with van der Waals surface area (Å²) in [4.78, 5) is 4.23. The monoisotopic (exact) mass is 165 g/mol. The van der Waals surface area contributed by atoms with Gasteiger partial charge in [-0.25, -0.2) is 0 Å². The highest BCUT2D eigenvalue weighted by molar-refractivity contribution is 5.65. The highest BCUT2D eigenvalue weighted by atomic mass is 16.5. The average Bonchev–Trinajstić information content (AvgIpc) is 2.27. The molecule has 0 radical (unpaired) electrons. The van der Waals surface area contributed by atoms with E-state index in [9.17, 15) is 0 Å². The molecule has 1 heterocycles. The number of nitrogens with zero attached hydrogens (tertiary/aromatic N) is 1. The van der Waals surface area contributed by atoms with Crippen LogP contribution in [-0.2, 0) is 4.74 Å². The third kappa shape index (κ3) is 3.01. The van der Waals surface area contributed by atoms with Crippen molar-refractivity contribution >= 4 is 6.21 Å². The zero-order valence-corrected chi connectivity index (χ0v) is 7.49. The molecule has 66 valence electrons. The van der Waals surface area contributed by atoms with Crippen molar-refractivity contribution in [3.63, 3.8) is 0 Å². The van der Waals surface area contributed by atoms with Crippen LogP contribution in [0.3, 0.4) is 0 Å². The molecule has 1 rings (SSSR count). The fourth-order valence-electron chi connectivity index (χ4n) is 1.10. The van der Waals surface area contributed by atoms with E-state index in [4.69, 9.17) is 4.74 Å². The van der Waals surface area contributed by atoms with Crippen molar-refractivity contribution in [1.29, 1.82) is 0 Å². The van der Waals surface area contributed by atoms with E-state index in [2.05, 4.69) is 17.6 Å². The predicted octanol–water partition coefficient (Wildman–Crippen LogP) is 2.33. The van der Waals surface area contributed by atoms with Crippen molar-refractivity contribution in [3.8, 4) is 0 Å². The maximum atomic E-state index is 5.46. The largest absolute Gasteiger partial charge is 0.369 e. The Balaban J connectivity index is 2.38. The lowest BCUT2D eigenvalue weighted by atomic mass is 10.2. The summed E-state index contributed by atoms with van der Waals surface area (Å²) in [5.41, 5.74) is 1.08. The van der Waals surface area contributed by atoms with E-state index in [0.29, 0.717) is 6.61 Å². The van der Waals surface area contributed by atoms with Crippen LogP contribution in [0.25, 0.3) is 0 Å². The zero-order valence-electron chi connectivity index (χ0n) is 7.49.